The number of thioether (sulfide) groups is 1. The highest BCUT2D eigenvalue weighted by Crippen LogP contribution is 2.30. The lowest BCUT2D eigenvalue weighted by Gasteiger charge is -2.34. The van der Waals surface area contributed by atoms with Crippen molar-refractivity contribution in [2.24, 2.45) is 0 Å². The summed E-state index contributed by atoms with van der Waals surface area (Å²) in [5.74, 6) is 0.229. The summed E-state index contributed by atoms with van der Waals surface area (Å²) in [6.07, 6.45) is 4.45. The fourth-order valence-corrected chi connectivity index (χ4v) is 3.64. The number of piperidine rings is 1. The molecule has 2 atom stereocenters. The Hall–Kier alpha value is -0.710. The van der Waals surface area contributed by atoms with E-state index >= 15 is 0 Å². The van der Waals surface area contributed by atoms with Crippen molar-refractivity contribution in [2.45, 2.75) is 43.4 Å². The summed E-state index contributed by atoms with van der Waals surface area (Å²) in [6, 6.07) is -0.581. The van der Waals surface area contributed by atoms with Crippen LogP contribution in [-0.4, -0.2) is 45.5 Å². The summed E-state index contributed by atoms with van der Waals surface area (Å²) in [7, 11) is 0. The maximum Gasteiger partial charge on any atom is 0.326 e. The normalized spacial score (nSPS) is 30.4. The zero-order valence-corrected chi connectivity index (χ0v) is 10.0. The lowest BCUT2D eigenvalue weighted by Crippen LogP contribution is -2.50. The number of hydrogen-bond acceptors (Lipinski definition) is 3. The van der Waals surface area contributed by atoms with Crippen LogP contribution in [-0.2, 0) is 9.59 Å². The maximum atomic E-state index is 12.2. The van der Waals surface area contributed by atoms with Gasteiger partial charge in [0.25, 0.3) is 0 Å². The molecule has 2 rings (SSSR count). The Labute approximate surface area is 99.4 Å². The highest BCUT2D eigenvalue weighted by atomic mass is 32.2. The Balaban J connectivity index is 2.04. The van der Waals surface area contributed by atoms with Gasteiger partial charge < -0.3 is 10.0 Å². The van der Waals surface area contributed by atoms with Crippen molar-refractivity contribution in [2.75, 3.05) is 12.3 Å². The SMILES string of the molecule is O=C(O)[C@@H]1CCCCN1C(=O)C1CCCS1. The fraction of sp³-hybridized carbons (Fsp3) is 0.818. The van der Waals surface area contributed by atoms with Crippen molar-refractivity contribution < 1.29 is 14.7 Å². The molecule has 90 valence electrons. The molecule has 0 aromatic heterocycles. The number of rotatable bonds is 2. The van der Waals surface area contributed by atoms with Gasteiger partial charge in [-0.25, -0.2) is 4.79 Å². The molecular formula is C11H17NO3S. The minimum atomic E-state index is -0.851. The second-order valence-corrected chi connectivity index (χ2v) is 5.69. The van der Waals surface area contributed by atoms with Crippen LogP contribution in [0, 0.1) is 0 Å². The molecule has 0 bridgehead atoms. The van der Waals surface area contributed by atoms with E-state index in [-0.39, 0.29) is 11.2 Å². The number of carboxylic acid groups (broad SMARTS) is 1. The Kier molecular flexibility index (Phi) is 3.74. The molecule has 5 heteroatoms. The molecule has 0 aromatic carbocycles. The number of amides is 1. The number of carbonyl (C=O) groups excluding carboxylic acids is 1. The number of hydrogen-bond donors (Lipinski definition) is 1. The van der Waals surface area contributed by atoms with Gasteiger partial charge >= 0.3 is 5.97 Å². The van der Waals surface area contributed by atoms with E-state index in [1.54, 1.807) is 16.7 Å². The summed E-state index contributed by atoms with van der Waals surface area (Å²) in [5.41, 5.74) is 0. The molecule has 0 aromatic rings. The first-order valence-electron chi connectivity index (χ1n) is 5.85. The standard InChI is InChI=1S/C11H17NO3S/c13-10(9-5-3-7-16-9)12-6-2-1-4-8(12)11(14)15/h8-9H,1-7H2,(H,14,15)/t8-,9?/m0/s1. The highest BCUT2D eigenvalue weighted by Gasteiger charge is 2.36. The third kappa shape index (κ3) is 2.34. The summed E-state index contributed by atoms with van der Waals surface area (Å²) in [4.78, 5) is 24.8. The van der Waals surface area contributed by atoms with Gasteiger partial charge in [0.1, 0.15) is 6.04 Å². The first kappa shape index (κ1) is 11.8. The summed E-state index contributed by atoms with van der Waals surface area (Å²) in [5, 5.41) is 9.11. The average Bonchev–Trinajstić information content (AvgIpc) is 2.81. The van der Waals surface area contributed by atoms with Crippen LogP contribution >= 0.6 is 11.8 Å². The van der Waals surface area contributed by atoms with Gasteiger partial charge in [0.2, 0.25) is 5.91 Å². The van der Waals surface area contributed by atoms with E-state index in [4.69, 9.17) is 5.11 Å². The largest absolute Gasteiger partial charge is 0.480 e. The first-order valence-corrected chi connectivity index (χ1v) is 6.90. The zero-order chi connectivity index (χ0) is 11.5. The second-order valence-electron chi connectivity index (χ2n) is 4.38. The Morgan fingerprint density at radius 1 is 1.19 bits per heavy atom. The quantitative estimate of drug-likeness (QED) is 0.795. The van der Waals surface area contributed by atoms with Gasteiger partial charge in [-0.2, -0.15) is 0 Å². The first-order chi connectivity index (χ1) is 7.70. The Bertz CT molecular complexity index is 289. The monoisotopic (exact) mass is 243 g/mol. The van der Waals surface area contributed by atoms with E-state index in [1.807, 2.05) is 0 Å². The van der Waals surface area contributed by atoms with Crippen molar-refractivity contribution in [3.05, 3.63) is 0 Å². The molecule has 2 aliphatic heterocycles. The van der Waals surface area contributed by atoms with E-state index in [1.165, 1.54) is 0 Å². The van der Waals surface area contributed by atoms with E-state index in [2.05, 4.69) is 0 Å². The van der Waals surface area contributed by atoms with Gasteiger partial charge in [0.15, 0.2) is 0 Å². The van der Waals surface area contributed by atoms with Crippen LogP contribution < -0.4 is 0 Å². The molecule has 1 N–H and O–H groups in total. The second kappa shape index (κ2) is 5.08. The van der Waals surface area contributed by atoms with Crippen LogP contribution in [0.4, 0.5) is 0 Å². The minimum absolute atomic E-state index is 0.0138. The van der Waals surface area contributed by atoms with Crippen LogP contribution in [0.1, 0.15) is 32.1 Å². The third-order valence-corrected chi connectivity index (χ3v) is 4.64. The predicted molar refractivity (Wildman–Crippen MR) is 62.5 cm³/mol. The van der Waals surface area contributed by atoms with Gasteiger partial charge in [-0.05, 0) is 37.9 Å². The van der Waals surface area contributed by atoms with Crippen molar-refractivity contribution in [3.63, 3.8) is 0 Å². The molecule has 2 saturated heterocycles. The number of carboxylic acids is 1. The molecule has 2 aliphatic rings. The number of aliphatic carboxylic acids is 1. The van der Waals surface area contributed by atoms with Gasteiger partial charge in [0, 0.05) is 6.54 Å². The zero-order valence-electron chi connectivity index (χ0n) is 9.22. The van der Waals surface area contributed by atoms with Crippen molar-refractivity contribution in [1.29, 1.82) is 0 Å². The van der Waals surface area contributed by atoms with Gasteiger partial charge in [-0.1, -0.05) is 0 Å². The molecule has 2 fully saturated rings. The van der Waals surface area contributed by atoms with Crippen LogP contribution in [0.25, 0.3) is 0 Å². The van der Waals surface area contributed by atoms with E-state index in [9.17, 15) is 9.59 Å². The van der Waals surface area contributed by atoms with Crippen LogP contribution in [0.2, 0.25) is 0 Å². The molecule has 1 unspecified atom stereocenters. The van der Waals surface area contributed by atoms with Crippen LogP contribution in [0.5, 0.6) is 0 Å². The Morgan fingerprint density at radius 2 is 2.00 bits per heavy atom. The molecular weight excluding hydrogens is 226 g/mol. The number of likely N-dealkylation sites (tertiary alicyclic amines) is 1. The molecule has 0 aliphatic carbocycles. The maximum absolute atomic E-state index is 12.2. The van der Waals surface area contributed by atoms with E-state index in [0.717, 1.165) is 31.4 Å². The van der Waals surface area contributed by atoms with E-state index < -0.39 is 12.0 Å². The van der Waals surface area contributed by atoms with Gasteiger partial charge in [0.05, 0.1) is 5.25 Å². The number of nitrogens with zero attached hydrogens (tertiary/aromatic N) is 1. The van der Waals surface area contributed by atoms with Crippen LogP contribution in [0.3, 0.4) is 0 Å². The van der Waals surface area contributed by atoms with E-state index in [0.29, 0.717) is 13.0 Å². The molecule has 0 radical (unpaired) electrons. The number of carbonyl (C=O) groups is 2. The lowest BCUT2D eigenvalue weighted by atomic mass is 10.0. The molecule has 4 nitrogen and oxygen atoms in total. The molecule has 0 saturated carbocycles. The Morgan fingerprint density at radius 3 is 2.62 bits per heavy atom. The van der Waals surface area contributed by atoms with Crippen molar-refractivity contribution in [1.82, 2.24) is 4.90 Å². The van der Waals surface area contributed by atoms with Gasteiger partial charge in [-0.3, -0.25) is 4.79 Å². The third-order valence-electron chi connectivity index (χ3n) is 3.28. The van der Waals surface area contributed by atoms with Gasteiger partial charge in [-0.15, -0.1) is 11.8 Å². The minimum Gasteiger partial charge on any atom is -0.480 e. The van der Waals surface area contributed by atoms with Crippen molar-refractivity contribution >= 4 is 23.6 Å². The summed E-state index contributed by atoms with van der Waals surface area (Å²) >= 11 is 1.67. The fourth-order valence-electron chi connectivity index (χ4n) is 2.41. The molecule has 2 heterocycles. The molecule has 16 heavy (non-hydrogen) atoms. The van der Waals surface area contributed by atoms with Crippen LogP contribution in [0.15, 0.2) is 0 Å². The van der Waals surface area contributed by atoms with Crippen molar-refractivity contribution in [3.8, 4) is 0 Å². The summed E-state index contributed by atoms with van der Waals surface area (Å²) in [6.45, 7) is 0.618. The molecule has 0 spiro atoms. The predicted octanol–water partition coefficient (Wildman–Crippen LogP) is 1.35. The topological polar surface area (TPSA) is 57.6 Å². The molecule has 1 amide bonds. The summed E-state index contributed by atoms with van der Waals surface area (Å²) < 4.78 is 0. The highest BCUT2D eigenvalue weighted by molar-refractivity contribution is 8.00. The lowest BCUT2D eigenvalue weighted by molar-refractivity contribution is -0.151. The smallest absolute Gasteiger partial charge is 0.326 e. The average molecular weight is 243 g/mol.